The molecule has 0 atom stereocenters. The Bertz CT molecular complexity index is 685. The number of para-hydroxylation sites is 1. The van der Waals surface area contributed by atoms with E-state index in [1.165, 1.54) is 0 Å². The van der Waals surface area contributed by atoms with Gasteiger partial charge in [0.05, 0.1) is 16.4 Å². The molecule has 0 amide bonds. The van der Waals surface area contributed by atoms with Crippen LogP contribution in [0.2, 0.25) is 5.02 Å². The quantitative estimate of drug-likeness (QED) is 0.580. The lowest BCUT2D eigenvalue weighted by molar-refractivity contribution is 0.470. The first kappa shape index (κ1) is 15.9. The first-order valence-electron chi connectivity index (χ1n) is 6.45. The molecule has 0 spiro atoms. The fraction of sp³-hybridized carbons (Fsp3) is 0.188. The average molecular weight is 368 g/mol. The molecular weight excluding hydrogens is 352 g/mol. The highest BCUT2D eigenvalue weighted by Crippen LogP contribution is 2.38. The number of rotatable bonds is 3. The number of anilines is 1. The predicted octanol–water partition coefficient (Wildman–Crippen LogP) is 5.18. The highest BCUT2D eigenvalue weighted by Gasteiger charge is 2.15. The minimum absolute atomic E-state index is 0.143. The molecule has 2 N–H and O–H groups in total. The molecule has 0 saturated carbocycles. The van der Waals surface area contributed by atoms with Gasteiger partial charge in [-0.25, -0.2) is 0 Å². The average Bonchev–Trinajstić information content (AvgIpc) is 2.48. The summed E-state index contributed by atoms with van der Waals surface area (Å²) in [5, 5.41) is 15.0. The first-order valence-corrected chi connectivity index (χ1v) is 7.62. The number of hydrogen-bond acceptors (Lipinski definition) is 3. The van der Waals surface area contributed by atoms with Gasteiger partial charge in [-0.3, -0.25) is 5.43 Å². The van der Waals surface area contributed by atoms with E-state index in [2.05, 4.69) is 26.5 Å². The van der Waals surface area contributed by atoms with Gasteiger partial charge in [0.25, 0.3) is 0 Å². The largest absolute Gasteiger partial charge is 0.506 e. The summed E-state index contributed by atoms with van der Waals surface area (Å²) in [6, 6.07) is 7.85. The van der Waals surface area contributed by atoms with Crippen molar-refractivity contribution in [2.24, 2.45) is 5.10 Å². The van der Waals surface area contributed by atoms with E-state index in [0.29, 0.717) is 15.1 Å². The number of hydrazone groups is 1. The van der Waals surface area contributed by atoms with Gasteiger partial charge in [-0.15, -0.1) is 0 Å². The number of hydrogen-bond donors (Lipinski definition) is 2. The van der Waals surface area contributed by atoms with E-state index in [4.69, 9.17) is 11.6 Å². The molecule has 2 aromatic rings. The normalized spacial score (nSPS) is 11.1. The van der Waals surface area contributed by atoms with Crippen molar-refractivity contribution in [1.29, 1.82) is 0 Å². The monoisotopic (exact) mass is 366 g/mol. The van der Waals surface area contributed by atoms with Crippen molar-refractivity contribution in [2.75, 3.05) is 5.43 Å². The molecule has 0 saturated heterocycles. The molecule has 21 heavy (non-hydrogen) atoms. The summed E-state index contributed by atoms with van der Waals surface area (Å²) in [6.45, 7) is 5.71. The number of nitrogens with zero attached hydrogens (tertiary/aromatic N) is 1. The highest BCUT2D eigenvalue weighted by molar-refractivity contribution is 9.10. The molecule has 0 heterocycles. The van der Waals surface area contributed by atoms with Crippen LogP contribution in [0.25, 0.3) is 0 Å². The van der Waals surface area contributed by atoms with E-state index in [1.54, 1.807) is 6.21 Å². The second-order valence-corrected chi connectivity index (χ2v) is 6.00. The lowest BCUT2D eigenvalue weighted by Gasteiger charge is -2.12. The third-order valence-corrected chi connectivity index (χ3v) is 4.92. The summed E-state index contributed by atoms with van der Waals surface area (Å²) in [5.41, 5.74) is 7.19. The lowest BCUT2D eigenvalue weighted by atomic mass is 10.1. The van der Waals surface area contributed by atoms with Crippen LogP contribution >= 0.6 is 27.5 Å². The summed E-state index contributed by atoms with van der Waals surface area (Å²) in [7, 11) is 0. The zero-order chi connectivity index (χ0) is 15.6. The van der Waals surface area contributed by atoms with E-state index < -0.39 is 0 Å². The van der Waals surface area contributed by atoms with Crippen molar-refractivity contribution < 1.29 is 5.11 Å². The van der Waals surface area contributed by atoms with E-state index >= 15 is 0 Å². The molecular formula is C16H16BrClN2O. The molecule has 0 aliphatic rings. The number of phenols is 1. The van der Waals surface area contributed by atoms with Crippen LogP contribution in [-0.2, 0) is 0 Å². The first-order chi connectivity index (χ1) is 9.93. The van der Waals surface area contributed by atoms with Crippen molar-refractivity contribution in [3.63, 3.8) is 0 Å². The number of phenolic OH excluding ortho intramolecular Hbond substituents is 1. The summed E-state index contributed by atoms with van der Waals surface area (Å²) < 4.78 is 0.593. The van der Waals surface area contributed by atoms with Crippen molar-refractivity contribution in [3.05, 3.63) is 56.0 Å². The van der Waals surface area contributed by atoms with Gasteiger partial charge < -0.3 is 5.11 Å². The maximum atomic E-state index is 10.2. The topological polar surface area (TPSA) is 44.6 Å². The zero-order valence-corrected chi connectivity index (χ0v) is 14.4. The number of nitrogens with one attached hydrogen (secondary N) is 1. The van der Waals surface area contributed by atoms with Crippen molar-refractivity contribution in [1.82, 2.24) is 0 Å². The molecule has 5 heteroatoms. The lowest BCUT2D eigenvalue weighted by Crippen LogP contribution is -1.97. The van der Waals surface area contributed by atoms with Crippen LogP contribution in [0.15, 0.2) is 33.8 Å². The van der Waals surface area contributed by atoms with Crippen molar-refractivity contribution >= 4 is 39.4 Å². The van der Waals surface area contributed by atoms with Crippen LogP contribution in [-0.4, -0.2) is 11.3 Å². The highest BCUT2D eigenvalue weighted by atomic mass is 79.9. The summed E-state index contributed by atoms with van der Waals surface area (Å²) in [4.78, 5) is 0. The molecule has 0 unspecified atom stereocenters. The van der Waals surface area contributed by atoms with Crippen molar-refractivity contribution in [3.8, 4) is 5.75 Å². The van der Waals surface area contributed by atoms with Gasteiger partial charge in [0.2, 0.25) is 0 Å². The Morgan fingerprint density at radius 2 is 1.86 bits per heavy atom. The Morgan fingerprint density at radius 3 is 2.52 bits per heavy atom. The van der Waals surface area contributed by atoms with Gasteiger partial charge in [0.1, 0.15) is 5.75 Å². The molecule has 110 valence electrons. The van der Waals surface area contributed by atoms with Gasteiger partial charge in [-0.05, 0) is 59.5 Å². The molecule has 0 aliphatic heterocycles. The minimum atomic E-state index is 0.143. The molecule has 0 fully saturated rings. The van der Waals surface area contributed by atoms with Crippen LogP contribution in [0.5, 0.6) is 5.75 Å². The number of aromatic hydroxyl groups is 1. The number of benzene rings is 2. The van der Waals surface area contributed by atoms with Gasteiger partial charge >= 0.3 is 0 Å². The smallest absolute Gasteiger partial charge is 0.139 e. The Morgan fingerprint density at radius 1 is 1.19 bits per heavy atom. The molecule has 0 aliphatic carbocycles. The maximum Gasteiger partial charge on any atom is 0.139 e. The molecule has 2 aromatic carbocycles. The third kappa shape index (κ3) is 3.22. The zero-order valence-electron chi connectivity index (χ0n) is 12.0. The summed E-state index contributed by atoms with van der Waals surface area (Å²) in [6.07, 6.45) is 1.58. The predicted molar refractivity (Wildman–Crippen MR) is 92.7 cm³/mol. The maximum absolute atomic E-state index is 10.2. The molecule has 0 bridgehead atoms. The standard InChI is InChI=1S/C16H16BrClN2O/c1-9-6-4-5-7-13(9)20-19-8-12-10(2)15(18)11(3)14(17)16(12)21/h4-8,20-21H,1-3H3. The fourth-order valence-electron chi connectivity index (χ4n) is 1.99. The Kier molecular flexibility index (Phi) is 4.91. The Labute approximate surface area is 137 Å². The van der Waals surface area contributed by atoms with Gasteiger partial charge in [0.15, 0.2) is 0 Å². The second kappa shape index (κ2) is 6.50. The van der Waals surface area contributed by atoms with Gasteiger partial charge in [0, 0.05) is 10.6 Å². The molecule has 0 aromatic heterocycles. The van der Waals surface area contributed by atoms with Crippen molar-refractivity contribution in [2.45, 2.75) is 20.8 Å². The summed E-state index contributed by atoms with van der Waals surface area (Å²) >= 11 is 9.60. The van der Waals surface area contributed by atoms with Crippen LogP contribution in [0.4, 0.5) is 5.69 Å². The second-order valence-electron chi connectivity index (χ2n) is 4.83. The van der Waals surface area contributed by atoms with E-state index in [0.717, 1.165) is 22.4 Å². The van der Waals surface area contributed by atoms with E-state index in [9.17, 15) is 5.11 Å². The molecule has 2 rings (SSSR count). The van der Waals surface area contributed by atoms with Gasteiger partial charge in [-0.1, -0.05) is 29.8 Å². The van der Waals surface area contributed by atoms with Crippen LogP contribution in [0.1, 0.15) is 22.3 Å². The Hall–Kier alpha value is -1.52. The van der Waals surface area contributed by atoms with Crippen LogP contribution in [0.3, 0.4) is 0 Å². The van der Waals surface area contributed by atoms with E-state index in [1.807, 2.05) is 45.0 Å². The SMILES string of the molecule is Cc1ccccc1NN=Cc1c(C)c(Cl)c(C)c(Br)c1O. The molecule has 0 radical (unpaired) electrons. The van der Waals surface area contributed by atoms with E-state index in [-0.39, 0.29) is 5.75 Å². The van der Waals surface area contributed by atoms with Crippen LogP contribution < -0.4 is 5.43 Å². The third-order valence-electron chi connectivity index (χ3n) is 3.38. The molecule has 3 nitrogen and oxygen atoms in total. The minimum Gasteiger partial charge on any atom is -0.506 e. The fourth-order valence-corrected chi connectivity index (χ4v) is 2.71. The number of halogens is 2. The summed E-state index contributed by atoms with van der Waals surface area (Å²) in [5.74, 6) is 0.143. The van der Waals surface area contributed by atoms with Gasteiger partial charge in [-0.2, -0.15) is 5.10 Å². The number of aryl methyl sites for hydroxylation is 1. The Balaban J connectivity index is 2.32. The van der Waals surface area contributed by atoms with Crippen LogP contribution in [0, 0.1) is 20.8 Å².